The SMILES string of the molecule is Cl.Cl.O=C(c1cncn1-c1ccc(F)cc1)N1CCC2(CCNC2)CC1. The Hall–Kier alpha value is -1.63. The number of rotatable bonds is 2. The van der Waals surface area contributed by atoms with Crippen molar-refractivity contribution in [3.05, 3.63) is 48.3 Å². The monoisotopic (exact) mass is 400 g/mol. The Kier molecular flexibility index (Phi) is 6.66. The molecule has 8 heteroatoms. The molecule has 0 saturated carbocycles. The van der Waals surface area contributed by atoms with Crippen molar-refractivity contribution in [3.63, 3.8) is 0 Å². The van der Waals surface area contributed by atoms with Crippen LogP contribution in [0.25, 0.3) is 5.69 Å². The molecule has 2 saturated heterocycles. The van der Waals surface area contributed by atoms with Gasteiger partial charge in [0, 0.05) is 25.3 Å². The van der Waals surface area contributed by atoms with Crippen molar-refractivity contribution in [2.75, 3.05) is 26.2 Å². The molecule has 2 fully saturated rings. The highest BCUT2D eigenvalue weighted by molar-refractivity contribution is 5.93. The standard InChI is InChI=1S/C18H21FN4O.2ClH/c19-14-1-3-15(4-2-14)23-13-21-11-16(23)17(24)22-9-6-18(7-10-22)5-8-20-12-18;;/h1-4,11,13,20H,5-10,12H2;2*1H. The summed E-state index contributed by atoms with van der Waals surface area (Å²) in [6.45, 7) is 3.73. The predicted octanol–water partition coefficient (Wildman–Crippen LogP) is 3.07. The molecule has 2 aliphatic rings. The first-order valence-electron chi connectivity index (χ1n) is 8.45. The quantitative estimate of drug-likeness (QED) is 0.842. The molecule has 5 nitrogen and oxygen atoms in total. The normalized spacial score (nSPS) is 18.3. The van der Waals surface area contributed by atoms with E-state index in [1.807, 2.05) is 4.90 Å². The Balaban J connectivity index is 0.00000121. The molecule has 1 spiro atoms. The fourth-order valence-corrected chi connectivity index (χ4v) is 3.83. The van der Waals surface area contributed by atoms with E-state index < -0.39 is 0 Å². The van der Waals surface area contributed by atoms with Gasteiger partial charge in [-0.1, -0.05) is 0 Å². The average Bonchev–Trinajstić information content (AvgIpc) is 3.26. The van der Waals surface area contributed by atoms with Crippen molar-refractivity contribution in [3.8, 4) is 5.69 Å². The van der Waals surface area contributed by atoms with E-state index >= 15 is 0 Å². The molecular formula is C18H23Cl2FN4O. The third-order valence-corrected chi connectivity index (χ3v) is 5.41. The molecule has 26 heavy (non-hydrogen) atoms. The van der Waals surface area contributed by atoms with Gasteiger partial charge in [0.1, 0.15) is 11.5 Å². The molecule has 2 aromatic rings. The van der Waals surface area contributed by atoms with E-state index in [4.69, 9.17) is 0 Å². The summed E-state index contributed by atoms with van der Waals surface area (Å²) < 4.78 is 14.8. The fraction of sp³-hybridized carbons (Fsp3) is 0.444. The Bertz CT molecular complexity index is 734. The van der Waals surface area contributed by atoms with E-state index in [1.165, 1.54) is 18.6 Å². The fourth-order valence-electron chi connectivity index (χ4n) is 3.83. The van der Waals surface area contributed by atoms with Gasteiger partial charge in [0.25, 0.3) is 5.91 Å². The Morgan fingerprint density at radius 1 is 1.12 bits per heavy atom. The lowest BCUT2D eigenvalue weighted by Crippen LogP contribution is -2.44. The van der Waals surface area contributed by atoms with E-state index in [0.717, 1.165) is 44.7 Å². The third kappa shape index (κ3) is 3.87. The number of amides is 1. The summed E-state index contributed by atoms with van der Waals surface area (Å²) in [5.74, 6) is -0.295. The van der Waals surface area contributed by atoms with Crippen molar-refractivity contribution in [2.24, 2.45) is 5.41 Å². The van der Waals surface area contributed by atoms with Crippen LogP contribution in [0.3, 0.4) is 0 Å². The molecule has 142 valence electrons. The molecule has 1 amide bonds. The number of aromatic nitrogens is 2. The zero-order chi connectivity index (χ0) is 16.6. The summed E-state index contributed by atoms with van der Waals surface area (Å²) in [4.78, 5) is 18.9. The number of likely N-dealkylation sites (tertiary alicyclic amines) is 1. The number of halogens is 3. The number of carbonyl (C=O) groups excluding carboxylic acids is 1. The average molecular weight is 401 g/mol. The summed E-state index contributed by atoms with van der Waals surface area (Å²) in [6, 6.07) is 6.09. The minimum atomic E-state index is -0.293. The molecule has 1 aromatic heterocycles. The second-order valence-electron chi connectivity index (χ2n) is 6.84. The van der Waals surface area contributed by atoms with Gasteiger partial charge in [-0.25, -0.2) is 9.37 Å². The van der Waals surface area contributed by atoms with Crippen LogP contribution >= 0.6 is 24.8 Å². The number of benzene rings is 1. The van der Waals surface area contributed by atoms with Crippen LogP contribution in [0.4, 0.5) is 4.39 Å². The van der Waals surface area contributed by atoms with Crippen LogP contribution in [0.2, 0.25) is 0 Å². The summed E-state index contributed by atoms with van der Waals surface area (Å²) in [6.07, 6.45) is 6.51. The van der Waals surface area contributed by atoms with Gasteiger partial charge in [0.15, 0.2) is 0 Å². The topological polar surface area (TPSA) is 50.2 Å². The highest BCUT2D eigenvalue weighted by atomic mass is 35.5. The van der Waals surface area contributed by atoms with Gasteiger partial charge in [-0.15, -0.1) is 24.8 Å². The molecule has 0 aliphatic carbocycles. The lowest BCUT2D eigenvalue weighted by atomic mass is 9.78. The highest BCUT2D eigenvalue weighted by Gasteiger charge is 2.38. The van der Waals surface area contributed by atoms with Crippen molar-refractivity contribution in [1.29, 1.82) is 0 Å². The van der Waals surface area contributed by atoms with Gasteiger partial charge in [0.05, 0.1) is 12.5 Å². The number of piperidine rings is 1. The van der Waals surface area contributed by atoms with E-state index in [0.29, 0.717) is 11.1 Å². The maximum absolute atomic E-state index is 13.1. The second kappa shape index (κ2) is 8.37. The lowest BCUT2D eigenvalue weighted by molar-refractivity contribution is 0.0600. The summed E-state index contributed by atoms with van der Waals surface area (Å²) in [5.41, 5.74) is 1.65. The molecular weight excluding hydrogens is 378 g/mol. The van der Waals surface area contributed by atoms with Crippen molar-refractivity contribution >= 4 is 30.7 Å². The predicted molar refractivity (Wildman–Crippen MR) is 103 cm³/mol. The number of nitrogens with one attached hydrogen (secondary N) is 1. The van der Waals surface area contributed by atoms with Gasteiger partial charge >= 0.3 is 0 Å². The van der Waals surface area contributed by atoms with Crippen LogP contribution in [0, 0.1) is 11.2 Å². The van der Waals surface area contributed by atoms with Crippen LogP contribution in [-0.2, 0) is 0 Å². The van der Waals surface area contributed by atoms with Gasteiger partial charge < -0.3 is 10.2 Å². The molecule has 0 atom stereocenters. The molecule has 3 heterocycles. The molecule has 0 bridgehead atoms. The molecule has 0 unspecified atom stereocenters. The van der Waals surface area contributed by atoms with Crippen LogP contribution in [0.1, 0.15) is 29.8 Å². The van der Waals surface area contributed by atoms with Crippen molar-refractivity contribution in [2.45, 2.75) is 19.3 Å². The summed E-state index contributed by atoms with van der Waals surface area (Å²) in [7, 11) is 0. The Morgan fingerprint density at radius 2 is 1.81 bits per heavy atom. The minimum Gasteiger partial charge on any atom is -0.337 e. The van der Waals surface area contributed by atoms with Crippen LogP contribution in [0.15, 0.2) is 36.8 Å². The molecule has 0 radical (unpaired) electrons. The maximum Gasteiger partial charge on any atom is 0.272 e. The molecule has 1 aromatic carbocycles. The Labute approximate surface area is 164 Å². The van der Waals surface area contributed by atoms with Crippen LogP contribution in [-0.4, -0.2) is 46.5 Å². The van der Waals surface area contributed by atoms with Crippen molar-refractivity contribution < 1.29 is 9.18 Å². The zero-order valence-corrected chi connectivity index (χ0v) is 16.0. The van der Waals surface area contributed by atoms with E-state index in [-0.39, 0.29) is 36.5 Å². The van der Waals surface area contributed by atoms with Crippen LogP contribution < -0.4 is 5.32 Å². The third-order valence-electron chi connectivity index (χ3n) is 5.41. The van der Waals surface area contributed by atoms with Gasteiger partial charge in [0.2, 0.25) is 0 Å². The van der Waals surface area contributed by atoms with E-state index in [1.54, 1.807) is 29.2 Å². The number of nitrogens with zero attached hydrogens (tertiary/aromatic N) is 3. The lowest BCUT2D eigenvalue weighted by Gasteiger charge is -2.38. The van der Waals surface area contributed by atoms with Gasteiger partial charge in [-0.3, -0.25) is 9.36 Å². The minimum absolute atomic E-state index is 0. The van der Waals surface area contributed by atoms with E-state index in [9.17, 15) is 9.18 Å². The number of hydrogen-bond donors (Lipinski definition) is 1. The summed E-state index contributed by atoms with van der Waals surface area (Å²) in [5, 5.41) is 3.44. The van der Waals surface area contributed by atoms with Gasteiger partial charge in [-0.05, 0) is 55.5 Å². The second-order valence-corrected chi connectivity index (χ2v) is 6.84. The molecule has 1 N–H and O–H groups in total. The number of carbonyl (C=O) groups is 1. The molecule has 2 aliphatic heterocycles. The van der Waals surface area contributed by atoms with Gasteiger partial charge in [-0.2, -0.15) is 0 Å². The van der Waals surface area contributed by atoms with Crippen LogP contribution in [0.5, 0.6) is 0 Å². The first-order chi connectivity index (χ1) is 11.7. The molecule has 4 rings (SSSR count). The number of hydrogen-bond acceptors (Lipinski definition) is 3. The maximum atomic E-state index is 13.1. The van der Waals surface area contributed by atoms with Crippen molar-refractivity contribution in [1.82, 2.24) is 19.8 Å². The first kappa shape index (κ1) is 20.7. The highest BCUT2D eigenvalue weighted by Crippen LogP contribution is 2.37. The van der Waals surface area contributed by atoms with E-state index in [2.05, 4.69) is 10.3 Å². The number of imidazole rings is 1. The largest absolute Gasteiger partial charge is 0.337 e. The first-order valence-corrected chi connectivity index (χ1v) is 8.45. The summed E-state index contributed by atoms with van der Waals surface area (Å²) >= 11 is 0. The smallest absolute Gasteiger partial charge is 0.272 e. The Morgan fingerprint density at radius 3 is 2.42 bits per heavy atom. The zero-order valence-electron chi connectivity index (χ0n) is 14.4.